The molecular formula is C26H52N4. The molecular weight excluding hydrogens is 368 g/mol. The predicted octanol–water partition coefficient (Wildman–Crippen LogP) is 4.82. The molecule has 0 aromatic rings. The highest BCUT2D eigenvalue weighted by atomic mass is 14.6. The first-order valence-electron chi connectivity index (χ1n) is 13.5. The van der Waals surface area contributed by atoms with E-state index >= 15 is 0 Å². The van der Waals surface area contributed by atoms with Gasteiger partial charge in [-0.15, -0.1) is 0 Å². The van der Waals surface area contributed by atoms with Crippen molar-refractivity contribution in [3.8, 4) is 0 Å². The molecule has 0 aromatic heterocycles. The molecule has 4 fully saturated rings. The standard InChI is InChI=1S/2C13H26N2/c2*14-12-5-1-10(2-6-12)9-11-3-7-13(15)8-4-11/h2*10-13H,1-9,14-15H2. The van der Waals surface area contributed by atoms with Crippen molar-refractivity contribution in [1.29, 1.82) is 0 Å². The van der Waals surface area contributed by atoms with Crippen molar-refractivity contribution in [3.63, 3.8) is 0 Å². The minimum atomic E-state index is 0.501. The molecule has 0 saturated heterocycles. The molecule has 4 saturated carbocycles. The monoisotopic (exact) mass is 420 g/mol. The summed E-state index contributed by atoms with van der Waals surface area (Å²) in [6, 6.07) is 2.00. The van der Waals surface area contributed by atoms with Gasteiger partial charge < -0.3 is 22.9 Å². The molecule has 0 atom stereocenters. The van der Waals surface area contributed by atoms with E-state index in [9.17, 15) is 0 Å². The Hall–Kier alpha value is -0.160. The first kappa shape index (κ1) is 24.5. The Morgan fingerprint density at radius 3 is 0.633 bits per heavy atom. The molecule has 4 heteroatoms. The van der Waals surface area contributed by atoms with E-state index in [1.165, 1.54) is 116 Å². The van der Waals surface area contributed by atoms with Gasteiger partial charge in [-0.2, -0.15) is 0 Å². The molecule has 4 aliphatic rings. The molecule has 4 rings (SSSR count). The Morgan fingerprint density at radius 1 is 0.300 bits per heavy atom. The fourth-order valence-corrected chi connectivity index (χ4v) is 6.64. The maximum Gasteiger partial charge on any atom is 0.00390 e. The minimum absolute atomic E-state index is 0.501. The fourth-order valence-electron chi connectivity index (χ4n) is 6.64. The van der Waals surface area contributed by atoms with Crippen LogP contribution in [0.15, 0.2) is 0 Å². The van der Waals surface area contributed by atoms with Crippen LogP contribution in [0, 0.1) is 23.7 Å². The summed E-state index contributed by atoms with van der Waals surface area (Å²) in [5, 5.41) is 0. The molecule has 0 unspecified atom stereocenters. The van der Waals surface area contributed by atoms with Crippen LogP contribution < -0.4 is 22.9 Å². The highest BCUT2D eigenvalue weighted by molar-refractivity contribution is 4.81. The number of hydrogen-bond donors (Lipinski definition) is 4. The van der Waals surface area contributed by atoms with Crippen molar-refractivity contribution in [2.24, 2.45) is 46.6 Å². The lowest BCUT2D eigenvalue weighted by molar-refractivity contribution is 0.225. The van der Waals surface area contributed by atoms with Crippen molar-refractivity contribution in [3.05, 3.63) is 0 Å². The summed E-state index contributed by atoms with van der Waals surface area (Å²) in [4.78, 5) is 0. The molecule has 0 radical (unpaired) electrons. The zero-order valence-corrected chi connectivity index (χ0v) is 19.7. The van der Waals surface area contributed by atoms with Gasteiger partial charge in [-0.05, 0) is 139 Å². The lowest BCUT2D eigenvalue weighted by Crippen LogP contribution is -2.30. The molecule has 0 bridgehead atoms. The summed E-state index contributed by atoms with van der Waals surface area (Å²) in [5.41, 5.74) is 23.7. The summed E-state index contributed by atoms with van der Waals surface area (Å²) in [5.74, 6) is 3.90. The minimum Gasteiger partial charge on any atom is -0.328 e. The Kier molecular flexibility index (Phi) is 10.4. The SMILES string of the molecule is NC1CCC(CC2CCC(N)CC2)CC1.NC1CCC(CC2CCC(N)CC2)CC1. The zero-order chi connectivity index (χ0) is 21.3. The summed E-state index contributed by atoms with van der Waals surface area (Å²) < 4.78 is 0. The Morgan fingerprint density at radius 2 is 0.467 bits per heavy atom. The van der Waals surface area contributed by atoms with Crippen LogP contribution in [0.25, 0.3) is 0 Å². The van der Waals surface area contributed by atoms with Gasteiger partial charge in [0.1, 0.15) is 0 Å². The normalized spacial score (nSPS) is 42.8. The van der Waals surface area contributed by atoms with Crippen molar-refractivity contribution in [2.75, 3.05) is 0 Å². The first-order chi connectivity index (χ1) is 14.5. The van der Waals surface area contributed by atoms with E-state index in [4.69, 9.17) is 22.9 Å². The van der Waals surface area contributed by atoms with Crippen LogP contribution in [0.4, 0.5) is 0 Å². The summed E-state index contributed by atoms with van der Waals surface area (Å²) >= 11 is 0. The smallest absolute Gasteiger partial charge is 0.00390 e. The number of rotatable bonds is 4. The number of hydrogen-bond acceptors (Lipinski definition) is 4. The lowest BCUT2D eigenvalue weighted by Gasteiger charge is -2.32. The van der Waals surface area contributed by atoms with Gasteiger partial charge in [0.15, 0.2) is 0 Å². The van der Waals surface area contributed by atoms with Gasteiger partial charge in [-0.25, -0.2) is 0 Å². The Bertz CT molecular complexity index is 356. The Balaban J connectivity index is 0.000000171. The first-order valence-corrected chi connectivity index (χ1v) is 13.5. The lowest BCUT2D eigenvalue weighted by atomic mass is 9.76. The van der Waals surface area contributed by atoms with Crippen LogP contribution in [0.3, 0.4) is 0 Å². The van der Waals surface area contributed by atoms with Crippen LogP contribution >= 0.6 is 0 Å². The molecule has 0 aliphatic heterocycles. The second-order valence-electron chi connectivity index (χ2n) is 11.6. The molecule has 176 valence electrons. The molecule has 4 nitrogen and oxygen atoms in total. The fraction of sp³-hybridized carbons (Fsp3) is 1.00. The molecule has 0 amide bonds. The van der Waals surface area contributed by atoms with E-state index in [2.05, 4.69) is 0 Å². The van der Waals surface area contributed by atoms with E-state index in [1.54, 1.807) is 0 Å². The van der Waals surface area contributed by atoms with E-state index < -0.39 is 0 Å². The van der Waals surface area contributed by atoms with Crippen molar-refractivity contribution >= 4 is 0 Å². The molecule has 4 aliphatic carbocycles. The van der Waals surface area contributed by atoms with Gasteiger partial charge in [-0.3, -0.25) is 0 Å². The van der Waals surface area contributed by atoms with Crippen molar-refractivity contribution in [2.45, 2.75) is 140 Å². The van der Waals surface area contributed by atoms with Gasteiger partial charge in [0.2, 0.25) is 0 Å². The quantitative estimate of drug-likeness (QED) is 0.523. The van der Waals surface area contributed by atoms with Gasteiger partial charge in [0, 0.05) is 24.2 Å². The van der Waals surface area contributed by atoms with Crippen LogP contribution in [-0.2, 0) is 0 Å². The van der Waals surface area contributed by atoms with E-state index in [-0.39, 0.29) is 0 Å². The van der Waals surface area contributed by atoms with E-state index in [1.807, 2.05) is 0 Å². The maximum atomic E-state index is 5.93. The van der Waals surface area contributed by atoms with Gasteiger partial charge in [-0.1, -0.05) is 0 Å². The topological polar surface area (TPSA) is 104 Å². The number of nitrogens with two attached hydrogens (primary N) is 4. The van der Waals surface area contributed by atoms with Crippen molar-refractivity contribution < 1.29 is 0 Å². The maximum absolute atomic E-state index is 5.93. The average molecular weight is 421 g/mol. The summed E-state index contributed by atoms with van der Waals surface area (Å²) in [7, 11) is 0. The van der Waals surface area contributed by atoms with Crippen LogP contribution in [-0.4, -0.2) is 24.2 Å². The molecule has 8 N–H and O–H groups in total. The third-order valence-corrected chi connectivity index (χ3v) is 8.90. The third kappa shape index (κ3) is 8.76. The zero-order valence-electron chi connectivity index (χ0n) is 19.7. The second-order valence-corrected chi connectivity index (χ2v) is 11.6. The average Bonchev–Trinajstić information content (AvgIpc) is 2.75. The Labute approximate surface area is 186 Å². The van der Waals surface area contributed by atoms with E-state index in [0.717, 1.165) is 23.7 Å². The van der Waals surface area contributed by atoms with Crippen LogP contribution in [0.1, 0.15) is 116 Å². The largest absolute Gasteiger partial charge is 0.328 e. The highest BCUT2D eigenvalue weighted by Crippen LogP contribution is 2.35. The van der Waals surface area contributed by atoms with Gasteiger partial charge >= 0.3 is 0 Å². The molecule has 0 heterocycles. The predicted molar refractivity (Wildman–Crippen MR) is 129 cm³/mol. The highest BCUT2D eigenvalue weighted by Gasteiger charge is 2.26. The van der Waals surface area contributed by atoms with E-state index in [0.29, 0.717) is 24.2 Å². The second kappa shape index (κ2) is 12.8. The summed E-state index contributed by atoms with van der Waals surface area (Å²) in [6.45, 7) is 0. The summed E-state index contributed by atoms with van der Waals surface area (Å²) in [6.07, 6.45) is 24.0. The molecule has 30 heavy (non-hydrogen) atoms. The molecule has 0 spiro atoms. The van der Waals surface area contributed by atoms with Gasteiger partial charge in [0.05, 0.1) is 0 Å². The van der Waals surface area contributed by atoms with Crippen LogP contribution in [0.5, 0.6) is 0 Å². The third-order valence-electron chi connectivity index (χ3n) is 8.90. The van der Waals surface area contributed by atoms with Gasteiger partial charge in [0.25, 0.3) is 0 Å². The molecule has 0 aromatic carbocycles. The van der Waals surface area contributed by atoms with Crippen molar-refractivity contribution in [1.82, 2.24) is 0 Å². The van der Waals surface area contributed by atoms with Crippen LogP contribution in [0.2, 0.25) is 0 Å².